The second kappa shape index (κ2) is 4.58. The molecule has 2 nitrogen and oxygen atoms in total. The molecule has 0 fully saturated rings. The van der Waals surface area contributed by atoms with Crippen LogP contribution in [0.4, 0.5) is 5.69 Å². The van der Waals surface area contributed by atoms with Gasteiger partial charge in [-0.15, -0.1) is 0 Å². The molecule has 1 aliphatic rings. The Labute approximate surface area is 111 Å². The Morgan fingerprint density at radius 2 is 2.06 bits per heavy atom. The van der Waals surface area contributed by atoms with E-state index in [1.165, 1.54) is 16.8 Å². The van der Waals surface area contributed by atoms with Gasteiger partial charge < -0.3 is 10.0 Å². The summed E-state index contributed by atoms with van der Waals surface area (Å²) in [6.45, 7) is 11.6. The van der Waals surface area contributed by atoms with E-state index in [4.69, 9.17) is 0 Å². The summed E-state index contributed by atoms with van der Waals surface area (Å²) >= 11 is 0. The third kappa shape index (κ3) is 2.54. The van der Waals surface area contributed by atoms with Crippen molar-refractivity contribution in [2.24, 2.45) is 0 Å². The number of para-hydroxylation sites is 1. The van der Waals surface area contributed by atoms with Crippen molar-refractivity contribution < 1.29 is 5.11 Å². The minimum Gasteiger partial charge on any atom is -0.390 e. The van der Waals surface area contributed by atoms with Crippen LogP contribution in [0.1, 0.15) is 51.7 Å². The van der Waals surface area contributed by atoms with Crippen LogP contribution in [0.5, 0.6) is 0 Å². The molecule has 0 bridgehead atoms. The Balaban J connectivity index is 2.45. The SMILES string of the molecule is CC1CN(C(C)C)c2c(CC(C)(C)O)cccc21. The van der Waals surface area contributed by atoms with Gasteiger partial charge in [0.2, 0.25) is 0 Å². The van der Waals surface area contributed by atoms with Gasteiger partial charge in [-0.1, -0.05) is 25.1 Å². The standard InChI is InChI=1S/C16H25NO/c1-11(2)17-10-12(3)14-8-6-7-13(15(14)17)9-16(4,5)18/h6-8,11-12,18H,9-10H2,1-5H3. The molecule has 1 N–H and O–H groups in total. The highest BCUT2D eigenvalue weighted by Gasteiger charge is 2.30. The smallest absolute Gasteiger partial charge is 0.0632 e. The number of nitrogens with zero attached hydrogens (tertiary/aromatic N) is 1. The van der Waals surface area contributed by atoms with E-state index < -0.39 is 5.60 Å². The second-order valence-electron chi connectivity index (χ2n) is 6.49. The molecular weight excluding hydrogens is 222 g/mol. The molecule has 18 heavy (non-hydrogen) atoms. The first-order valence-corrected chi connectivity index (χ1v) is 6.90. The van der Waals surface area contributed by atoms with E-state index in [1.807, 2.05) is 13.8 Å². The lowest BCUT2D eigenvalue weighted by Crippen LogP contribution is -2.31. The zero-order chi connectivity index (χ0) is 13.5. The molecule has 0 radical (unpaired) electrons. The van der Waals surface area contributed by atoms with Crippen LogP contribution in [0.3, 0.4) is 0 Å². The summed E-state index contributed by atoms with van der Waals surface area (Å²) in [6, 6.07) is 7.03. The van der Waals surface area contributed by atoms with Crippen LogP contribution in [-0.4, -0.2) is 23.3 Å². The Hall–Kier alpha value is -1.02. The maximum absolute atomic E-state index is 10.1. The Kier molecular flexibility index (Phi) is 3.41. The average Bonchev–Trinajstić information content (AvgIpc) is 2.55. The first kappa shape index (κ1) is 13.4. The van der Waals surface area contributed by atoms with E-state index in [0.29, 0.717) is 18.4 Å². The summed E-state index contributed by atoms with van der Waals surface area (Å²) in [5.74, 6) is 0.587. The molecule has 1 aliphatic heterocycles. The van der Waals surface area contributed by atoms with Crippen molar-refractivity contribution >= 4 is 5.69 Å². The molecule has 2 heteroatoms. The van der Waals surface area contributed by atoms with Crippen LogP contribution >= 0.6 is 0 Å². The van der Waals surface area contributed by atoms with Gasteiger partial charge in [0.05, 0.1) is 5.60 Å². The summed E-state index contributed by atoms with van der Waals surface area (Å²) < 4.78 is 0. The number of benzene rings is 1. The summed E-state index contributed by atoms with van der Waals surface area (Å²) in [5, 5.41) is 10.1. The van der Waals surface area contributed by atoms with Gasteiger partial charge in [0.1, 0.15) is 0 Å². The summed E-state index contributed by atoms with van der Waals surface area (Å²) in [5.41, 5.74) is 3.43. The van der Waals surface area contributed by atoms with E-state index in [0.717, 1.165) is 6.54 Å². The van der Waals surface area contributed by atoms with Gasteiger partial charge >= 0.3 is 0 Å². The molecule has 0 spiro atoms. The number of rotatable bonds is 3. The number of aliphatic hydroxyl groups is 1. The highest BCUT2D eigenvalue weighted by Crippen LogP contribution is 2.40. The third-order valence-electron chi connectivity index (χ3n) is 3.69. The van der Waals surface area contributed by atoms with Crippen LogP contribution in [0, 0.1) is 0 Å². The highest BCUT2D eigenvalue weighted by atomic mass is 16.3. The van der Waals surface area contributed by atoms with Crippen LogP contribution in [0.25, 0.3) is 0 Å². The highest BCUT2D eigenvalue weighted by molar-refractivity contribution is 5.65. The van der Waals surface area contributed by atoms with Crippen LogP contribution < -0.4 is 4.90 Å². The molecule has 0 aromatic heterocycles. The van der Waals surface area contributed by atoms with Crippen LogP contribution in [-0.2, 0) is 6.42 Å². The van der Waals surface area contributed by atoms with Crippen LogP contribution in [0.2, 0.25) is 0 Å². The van der Waals surface area contributed by atoms with E-state index in [1.54, 1.807) is 0 Å². The van der Waals surface area contributed by atoms with Gasteiger partial charge in [0.25, 0.3) is 0 Å². The molecular formula is C16H25NO. The largest absolute Gasteiger partial charge is 0.390 e. The molecule has 1 atom stereocenters. The lowest BCUT2D eigenvalue weighted by atomic mass is 9.93. The second-order valence-corrected chi connectivity index (χ2v) is 6.49. The fourth-order valence-corrected chi connectivity index (χ4v) is 2.92. The van der Waals surface area contributed by atoms with Crippen molar-refractivity contribution in [3.63, 3.8) is 0 Å². The van der Waals surface area contributed by atoms with E-state index >= 15 is 0 Å². The normalized spacial score (nSPS) is 19.5. The summed E-state index contributed by atoms with van der Waals surface area (Å²) in [7, 11) is 0. The first-order valence-electron chi connectivity index (χ1n) is 6.90. The van der Waals surface area contributed by atoms with Gasteiger partial charge in [-0.3, -0.25) is 0 Å². The molecule has 1 heterocycles. The van der Waals surface area contributed by atoms with Gasteiger partial charge in [0, 0.05) is 30.6 Å². The maximum Gasteiger partial charge on any atom is 0.0632 e. The minimum absolute atomic E-state index is 0.511. The first-order chi connectivity index (χ1) is 8.29. The molecule has 0 saturated carbocycles. The number of hydrogen-bond acceptors (Lipinski definition) is 2. The zero-order valence-corrected chi connectivity index (χ0v) is 12.2. The zero-order valence-electron chi connectivity index (χ0n) is 12.2. The molecule has 0 saturated heterocycles. The quantitative estimate of drug-likeness (QED) is 0.885. The fourth-order valence-electron chi connectivity index (χ4n) is 2.92. The number of anilines is 1. The lowest BCUT2D eigenvalue weighted by Gasteiger charge is -2.28. The molecule has 1 aromatic carbocycles. The van der Waals surface area contributed by atoms with Gasteiger partial charge in [-0.05, 0) is 38.8 Å². The molecule has 2 rings (SSSR count). The van der Waals surface area contributed by atoms with Crippen molar-refractivity contribution in [3.8, 4) is 0 Å². The Morgan fingerprint density at radius 1 is 1.39 bits per heavy atom. The predicted octanol–water partition coefficient (Wildman–Crippen LogP) is 3.33. The van der Waals surface area contributed by atoms with Crippen molar-refractivity contribution in [3.05, 3.63) is 29.3 Å². The Bertz CT molecular complexity index is 431. The van der Waals surface area contributed by atoms with Crippen molar-refractivity contribution in [2.45, 2.75) is 58.6 Å². The summed E-state index contributed by atoms with van der Waals surface area (Å²) in [4.78, 5) is 2.47. The molecule has 0 amide bonds. The Morgan fingerprint density at radius 3 is 2.61 bits per heavy atom. The topological polar surface area (TPSA) is 23.5 Å². The number of hydrogen-bond donors (Lipinski definition) is 1. The molecule has 100 valence electrons. The molecule has 1 unspecified atom stereocenters. The predicted molar refractivity (Wildman–Crippen MR) is 77.3 cm³/mol. The number of fused-ring (bicyclic) bond motifs is 1. The molecule has 1 aromatic rings. The van der Waals surface area contributed by atoms with E-state index in [9.17, 15) is 5.11 Å². The maximum atomic E-state index is 10.1. The minimum atomic E-state index is -0.649. The average molecular weight is 247 g/mol. The van der Waals surface area contributed by atoms with Crippen LogP contribution in [0.15, 0.2) is 18.2 Å². The fraction of sp³-hybridized carbons (Fsp3) is 0.625. The monoisotopic (exact) mass is 247 g/mol. The van der Waals surface area contributed by atoms with E-state index in [-0.39, 0.29) is 0 Å². The van der Waals surface area contributed by atoms with Gasteiger partial charge in [-0.25, -0.2) is 0 Å². The van der Waals surface area contributed by atoms with Crippen molar-refractivity contribution in [1.29, 1.82) is 0 Å². The molecule has 0 aliphatic carbocycles. The van der Waals surface area contributed by atoms with E-state index in [2.05, 4.69) is 43.9 Å². The third-order valence-corrected chi connectivity index (χ3v) is 3.69. The lowest BCUT2D eigenvalue weighted by molar-refractivity contribution is 0.0811. The van der Waals surface area contributed by atoms with Crippen molar-refractivity contribution in [1.82, 2.24) is 0 Å². The van der Waals surface area contributed by atoms with Gasteiger partial charge in [0.15, 0.2) is 0 Å². The summed E-state index contributed by atoms with van der Waals surface area (Å²) in [6.07, 6.45) is 0.714. The van der Waals surface area contributed by atoms with Gasteiger partial charge in [-0.2, -0.15) is 0 Å². The van der Waals surface area contributed by atoms with Crippen molar-refractivity contribution in [2.75, 3.05) is 11.4 Å².